The molecule has 16 heavy (non-hydrogen) atoms. The molecule has 3 radical (unpaired) electrons. The van der Waals surface area contributed by atoms with Gasteiger partial charge in [-0.2, -0.15) is 0 Å². The third-order valence-corrected chi connectivity index (χ3v) is 3.52. The van der Waals surface area contributed by atoms with Crippen molar-refractivity contribution in [2.45, 2.75) is 26.7 Å². The van der Waals surface area contributed by atoms with E-state index < -0.39 is 5.97 Å². The normalized spacial score (nSPS) is 8.94. The first-order valence-corrected chi connectivity index (χ1v) is 6.67. The van der Waals surface area contributed by atoms with Gasteiger partial charge in [0.25, 0.3) is 0 Å². The minimum atomic E-state index is -0.981. The van der Waals surface area contributed by atoms with Crippen LogP contribution in [0.25, 0.3) is 0 Å². The summed E-state index contributed by atoms with van der Waals surface area (Å²) in [6, 6.07) is 6.64. The Balaban J connectivity index is 0.000000385. The second-order valence-corrected chi connectivity index (χ2v) is 4.73. The average Bonchev–Trinajstić information content (AvgIpc) is 2.29. The van der Waals surface area contributed by atoms with Crippen molar-refractivity contribution in [3.05, 3.63) is 42.0 Å². The van der Waals surface area contributed by atoms with Gasteiger partial charge in [0.1, 0.15) is 0 Å². The van der Waals surface area contributed by atoms with Crippen molar-refractivity contribution >= 4 is 32.1 Å². The summed E-state index contributed by atoms with van der Waals surface area (Å²) in [5, 5.41) is 7.60. The summed E-state index contributed by atoms with van der Waals surface area (Å²) in [5.41, 5.74) is 3.11. The molecule has 0 unspecified atom stereocenters. The maximum absolute atomic E-state index is 9.25. The van der Waals surface area contributed by atoms with Crippen LogP contribution in [0.15, 0.2) is 30.9 Å². The molecule has 0 atom stereocenters. The molecule has 0 aliphatic rings. The van der Waals surface area contributed by atoms with Gasteiger partial charge in [-0.05, 0) is 0 Å². The van der Waals surface area contributed by atoms with Crippen molar-refractivity contribution in [2.75, 3.05) is 0 Å². The van der Waals surface area contributed by atoms with E-state index in [1.165, 1.54) is 22.0 Å². The molecule has 0 aromatic heterocycles. The summed E-state index contributed by atoms with van der Waals surface area (Å²) in [5.74, 6) is -0.981. The third-order valence-electron chi connectivity index (χ3n) is 2.18. The van der Waals surface area contributed by atoms with Gasteiger partial charge in [0, 0.05) is 6.08 Å². The standard InChI is InChI=1S/C10H13.C3H4O2.Sn/c1-3-9-7-5-6-8-10(9)4-2;1-2-3(4)5;/h5-7H,3-4H2,1-2H3;2H,1H2,(H,4,5);. The molecule has 0 aliphatic heterocycles. The van der Waals surface area contributed by atoms with Crippen molar-refractivity contribution in [2.24, 2.45) is 0 Å². The van der Waals surface area contributed by atoms with Crippen LogP contribution in [-0.2, 0) is 17.6 Å². The number of rotatable bonds is 3. The maximum atomic E-state index is 9.25. The molecule has 0 amide bonds. The Morgan fingerprint density at radius 3 is 2.31 bits per heavy atom. The molecule has 0 fully saturated rings. The summed E-state index contributed by atoms with van der Waals surface area (Å²) in [6.07, 6.45) is 3.19. The van der Waals surface area contributed by atoms with E-state index in [0.717, 1.165) is 6.08 Å². The fourth-order valence-corrected chi connectivity index (χ4v) is 2.62. The van der Waals surface area contributed by atoms with E-state index in [9.17, 15) is 4.79 Å². The Morgan fingerprint density at radius 1 is 1.44 bits per heavy atom. The van der Waals surface area contributed by atoms with Gasteiger partial charge in [-0.1, -0.05) is 6.58 Å². The number of carboxylic acid groups (broad SMARTS) is 1. The van der Waals surface area contributed by atoms with Gasteiger partial charge in [-0.15, -0.1) is 0 Å². The number of carboxylic acids is 1. The van der Waals surface area contributed by atoms with Gasteiger partial charge >= 0.3 is 88.1 Å². The average molecular weight is 324 g/mol. The Morgan fingerprint density at radius 2 is 2.00 bits per heavy atom. The van der Waals surface area contributed by atoms with Crippen LogP contribution >= 0.6 is 0 Å². The third kappa shape index (κ3) is 5.35. The Kier molecular flexibility index (Phi) is 7.98. The van der Waals surface area contributed by atoms with Crippen LogP contribution in [0, 0.1) is 0 Å². The van der Waals surface area contributed by atoms with Gasteiger partial charge < -0.3 is 5.11 Å². The van der Waals surface area contributed by atoms with Gasteiger partial charge in [0.05, 0.1) is 0 Å². The second kappa shape index (κ2) is 8.39. The van der Waals surface area contributed by atoms with Gasteiger partial charge in [-0.25, -0.2) is 4.79 Å². The number of benzene rings is 1. The molecule has 0 bridgehead atoms. The van der Waals surface area contributed by atoms with Crippen molar-refractivity contribution in [1.82, 2.24) is 0 Å². The van der Waals surface area contributed by atoms with Crippen LogP contribution in [-0.4, -0.2) is 33.6 Å². The van der Waals surface area contributed by atoms with Crippen LogP contribution in [0.5, 0.6) is 0 Å². The first-order chi connectivity index (χ1) is 7.56. The zero-order valence-electron chi connectivity index (χ0n) is 9.79. The Bertz CT molecular complexity index is 359. The summed E-state index contributed by atoms with van der Waals surface area (Å²) >= 11 is 1.54. The van der Waals surface area contributed by atoms with E-state index in [1.54, 1.807) is 28.1 Å². The Hall–Kier alpha value is -0.771. The summed E-state index contributed by atoms with van der Waals surface area (Å²) in [4.78, 5) is 9.25. The van der Waals surface area contributed by atoms with Crippen LogP contribution in [0.1, 0.15) is 25.0 Å². The molecule has 1 aromatic rings. The van der Waals surface area contributed by atoms with Crippen molar-refractivity contribution in [3.8, 4) is 0 Å². The topological polar surface area (TPSA) is 37.3 Å². The van der Waals surface area contributed by atoms with Crippen LogP contribution < -0.4 is 3.58 Å². The summed E-state index contributed by atoms with van der Waals surface area (Å²) in [6.45, 7) is 7.42. The SMILES string of the molecule is C=CC(=O)O.CCc1ccc[c]([Sn])c1CC. The van der Waals surface area contributed by atoms with E-state index in [0.29, 0.717) is 0 Å². The molecule has 0 spiro atoms. The molecule has 1 N–H and O–H groups in total. The summed E-state index contributed by atoms with van der Waals surface area (Å²) in [7, 11) is 0. The Labute approximate surface area is 110 Å². The molecule has 0 aliphatic carbocycles. The van der Waals surface area contributed by atoms with Crippen LogP contribution in [0.3, 0.4) is 0 Å². The number of aliphatic carboxylic acids is 1. The number of hydrogen-bond donors (Lipinski definition) is 1. The number of carbonyl (C=O) groups is 1. The quantitative estimate of drug-likeness (QED) is 0.681. The molecule has 0 heterocycles. The molecular weight excluding hydrogens is 307 g/mol. The van der Waals surface area contributed by atoms with E-state index >= 15 is 0 Å². The van der Waals surface area contributed by atoms with Gasteiger partial charge in [0.15, 0.2) is 0 Å². The first-order valence-electron chi connectivity index (χ1n) is 5.24. The molecule has 0 saturated heterocycles. The molecule has 85 valence electrons. The fourth-order valence-electron chi connectivity index (χ4n) is 1.38. The molecule has 0 saturated carbocycles. The molecule has 2 nitrogen and oxygen atoms in total. The van der Waals surface area contributed by atoms with E-state index in [2.05, 4.69) is 38.6 Å². The van der Waals surface area contributed by atoms with Crippen LogP contribution in [0.2, 0.25) is 0 Å². The summed E-state index contributed by atoms with van der Waals surface area (Å²) < 4.78 is 1.53. The molecule has 3 heteroatoms. The molecule has 1 aromatic carbocycles. The molecule has 1 rings (SSSR count). The number of hydrogen-bond acceptors (Lipinski definition) is 1. The van der Waals surface area contributed by atoms with Crippen LogP contribution in [0.4, 0.5) is 0 Å². The minimum absolute atomic E-state index is 0.833. The monoisotopic (exact) mass is 325 g/mol. The molecular formula is C13H17O2Sn. The van der Waals surface area contributed by atoms with Crippen molar-refractivity contribution in [1.29, 1.82) is 0 Å². The van der Waals surface area contributed by atoms with Crippen molar-refractivity contribution < 1.29 is 9.90 Å². The van der Waals surface area contributed by atoms with E-state index in [1.807, 2.05) is 0 Å². The number of aryl methyl sites for hydroxylation is 1. The fraction of sp³-hybridized carbons (Fsp3) is 0.308. The zero-order valence-corrected chi connectivity index (χ0v) is 12.6. The second-order valence-electron chi connectivity index (χ2n) is 3.19. The van der Waals surface area contributed by atoms with Crippen molar-refractivity contribution in [3.63, 3.8) is 0 Å². The predicted molar refractivity (Wildman–Crippen MR) is 68.4 cm³/mol. The predicted octanol–water partition coefficient (Wildman–Crippen LogP) is 1.86. The van der Waals surface area contributed by atoms with Gasteiger partial charge in [-0.3, -0.25) is 0 Å². The van der Waals surface area contributed by atoms with E-state index in [-0.39, 0.29) is 0 Å². The van der Waals surface area contributed by atoms with E-state index in [4.69, 9.17) is 5.11 Å². The zero-order chi connectivity index (χ0) is 12.6. The van der Waals surface area contributed by atoms with Gasteiger partial charge in [0.2, 0.25) is 0 Å². The first kappa shape index (κ1) is 15.2.